The molecule has 6 nitrogen and oxygen atoms in total. The number of aliphatic hydroxyl groups is 1. The van der Waals surface area contributed by atoms with Gasteiger partial charge in [-0.25, -0.2) is 4.79 Å². The number of esters is 1. The van der Waals surface area contributed by atoms with Crippen LogP contribution in [0.3, 0.4) is 0 Å². The van der Waals surface area contributed by atoms with Crippen LogP contribution in [0.4, 0.5) is 8.78 Å². The topological polar surface area (TPSA) is 93.1 Å². The molecule has 1 unspecified atom stereocenters. The third-order valence-electron chi connectivity index (χ3n) is 5.50. The number of rotatable bonds is 8. The molecule has 0 aromatic heterocycles. The standard InChI is InChI=1S/C23H24F2O6/c1-21(13-5-6-14-21)31-19(26)15-22(29,16-7-3-2-4-8-16)17-9-11-18(12-10-17)30-23(24,25)20(27)28/h2-4,7-12,29H,5-6,13-15H2,1H3,(H,27,28). The number of hydrogen-bond donors (Lipinski definition) is 2. The molecule has 1 aliphatic rings. The molecular weight excluding hydrogens is 410 g/mol. The van der Waals surface area contributed by atoms with E-state index in [4.69, 9.17) is 9.84 Å². The molecule has 0 saturated heterocycles. The number of carboxylic acid groups (broad SMARTS) is 1. The molecule has 2 aromatic carbocycles. The molecule has 1 aliphatic carbocycles. The quantitative estimate of drug-likeness (QED) is 0.604. The van der Waals surface area contributed by atoms with Gasteiger partial charge >= 0.3 is 18.0 Å². The molecule has 0 amide bonds. The number of aliphatic carboxylic acids is 1. The minimum atomic E-state index is -4.39. The van der Waals surface area contributed by atoms with Gasteiger partial charge in [0, 0.05) is 0 Å². The molecule has 2 aromatic rings. The minimum Gasteiger partial charge on any atom is -0.474 e. The van der Waals surface area contributed by atoms with E-state index >= 15 is 0 Å². The fourth-order valence-corrected chi connectivity index (χ4v) is 3.82. The van der Waals surface area contributed by atoms with E-state index < -0.39 is 35.0 Å². The summed E-state index contributed by atoms with van der Waals surface area (Å²) < 4.78 is 36.5. The number of benzene rings is 2. The summed E-state index contributed by atoms with van der Waals surface area (Å²) in [6.07, 6.45) is -1.32. The van der Waals surface area contributed by atoms with E-state index in [0.29, 0.717) is 5.56 Å². The molecule has 0 heterocycles. The summed E-state index contributed by atoms with van der Waals surface area (Å²) in [6.45, 7) is 1.87. The van der Waals surface area contributed by atoms with Gasteiger partial charge in [0.15, 0.2) is 0 Å². The van der Waals surface area contributed by atoms with E-state index in [2.05, 4.69) is 4.74 Å². The number of carbonyl (C=O) groups is 2. The SMILES string of the molecule is CC1(OC(=O)CC(O)(c2ccccc2)c2ccc(OC(F)(F)C(=O)O)cc2)CCCC1. The lowest BCUT2D eigenvalue weighted by Gasteiger charge is -2.31. The van der Waals surface area contributed by atoms with Gasteiger partial charge in [-0.1, -0.05) is 42.5 Å². The first-order chi connectivity index (χ1) is 14.5. The van der Waals surface area contributed by atoms with Crippen molar-refractivity contribution in [2.75, 3.05) is 0 Å². The molecule has 166 valence electrons. The Morgan fingerprint density at radius 2 is 1.55 bits per heavy atom. The monoisotopic (exact) mass is 434 g/mol. The molecule has 31 heavy (non-hydrogen) atoms. The van der Waals surface area contributed by atoms with Crippen LogP contribution < -0.4 is 4.74 Å². The predicted octanol–water partition coefficient (Wildman–Crippen LogP) is 4.24. The van der Waals surface area contributed by atoms with Crippen LogP contribution >= 0.6 is 0 Å². The van der Waals surface area contributed by atoms with Crippen molar-refractivity contribution in [3.63, 3.8) is 0 Å². The third-order valence-corrected chi connectivity index (χ3v) is 5.50. The van der Waals surface area contributed by atoms with Gasteiger partial charge in [0.05, 0.1) is 6.42 Å². The summed E-state index contributed by atoms with van der Waals surface area (Å²) in [5.41, 5.74) is -1.66. The molecule has 1 atom stereocenters. The van der Waals surface area contributed by atoms with Crippen LogP contribution in [0.1, 0.15) is 50.2 Å². The molecule has 0 spiro atoms. The summed E-state index contributed by atoms with van der Waals surface area (Å²) in [4.78, 5) is 23.3. The number of carboxylic acids is 1. The van der Waals surface area contributed by atoms with Crippen molar-refractivity contribution in [1.82, 2.24) is 0 Å². The average molecular weight is 434 g/mol. The second-order valence-electron chi connectivity index (χ2n) is 7.98. The van der Waals surface area contributed by atoms with Crippen LogP contribution in [0, 0.1) is 0 Å². The Hall–Kier alpha value is -3.00. The molecule has 1 saturated carbocycles. The molecule has 3 rings (SSSR count). The number of ether oxygens (including phenoxy) is 2. The highest BCUT2D eigenvalue weighted by Gasteiger charge is 2.43. The highest BCUT2D eigenvalue weighted by Crippen LogP contribution is 2.37. The number of carbonyl (C=O) groups excluding carboxylic acids is 1. The van der Waals surface area contributed by atoms with Crippen LogP contribution in [0.2, 0.25) is 0 Å². The summed E-state index contributed by atoms with van der Waals surface area (Å²) in [7, 11) is 0. The van der Waals surface area contributed by atoms with Gasteiger partial charge in [-0.2, -0.15) is 8.78 Å². The Morgan fingerprint density at radius 1 is 1.00 bits per heavy atom. The molecular formula is C23H24F2O6. The lowest BCUT2D eigenvalue weighted by Crippen LogP contribution is -2.36. The van der Waals surface area contributed by atoms with Crippen LogP contribution in [-0.2, 0) is 19.9 Å². The van der Waals surface area contributed by atoms with Crippen LogP contribution in [0.5, 0.6) is 5.75 Å². The van der Waals surface area contributed by atoms with Crippen molar-refractivity contribution in [2.24, 2.45) is 0 Å². The molecule has 8 heteroatoms. The van der Waals surface area contributed by atoms with Crippen molar-refractivity contribution in [2.45, 2.75) is 56.3 Å². The van der Waals surface area contributed by atoms with Gasteiger partial charge < -0.3 is 19.7 Å². The van der Waals surface area contributed by atoms with Gasteiger partial charge in [0.25, 0.3) is 0 Å². The first kappa shape index (κ1) is 22.7. The molecule has 1 fully saturated rings. The first-order valence-electron chi connectivity index (χ1n) is 9.95. The van der Waals surface area contributed by atoms with Crippen molar-refractivity contribution in [1.29, 1.82) is 0 Å². The third kappa shape index (κ3) is 5.19. The van der Waals surface area contributed by atoms with E-state index in [1.54, 1.807) is 30.3 Å². The van der Waals surface area contributed by atoms with Gasteiger partial charge in [0.1, 0.15) is 17.0 Å². The van der Waals surface area contributed by atoms with Crippen LogP contribution in [-0.4, -0.2) is 33.9 Å². The second kappa shape index (κ2) is 8.63. The second-order valence-corrected chi connectivity index (χ2v) is 7.98. The lowest BCUT2D eigenvalue weighted by atomic mass is 9.83. The zero-order chi connectivity index (χ0) is 22.7. The maximum Gasteiger partial charge on any atom is 0.501 e. The summed E-state index contributed by atoms with van der Waals surface area (Å²) in [6, 6.07) is 13.3. The molecule has 0 bridgehead atoms. The molecule has 0 aliphatic heterocycles. The Morgan fingerprint density at radius 3 is 2.10 bits per heavy atom. The highest BCUT2D eigenvalue weighted by atomic mass is 19.3. The maximum absolute atomic E-state index is 13.3. The van der Waals surface area contributed by atoms with Gasteiger partial charge in [0.2, 0.25) is 0 Å². The first-order valence-corrected chi connectivity index (χ1v) is 9.95. The van der Waals surface area contributed by atoms with Crippen LogP contribution in [0.25, 0.3) is 0 Å². The number of hydrogen-bond acceptors (Lipinski definition) is 5. The van der Waals surface area contributed by atoms with E-state index in [1.807, 2.05) is 6.92 Å². The Kier molecular flexibility index (Phi) is 6.31. The van der Waals surface area contributed by atoms with E-state index in [1.165, 1.54) is 12.1 Å². The smallest absolute Gasteiger partial charge is 0.474 e. The van der Waals surface area contributed by atoms with Crippen molar-refractivity contribution < 1.29 is 38.1 Å². The normalized spacial score (nSPS) is 17.5. The largest absolute Gasteiger partial charge is 0.501 e. The maximum atomic E-state index is 13.3. The predicted molar refractivity (Wildman–Crippen MR) is 107 cm³/mol. The van der Waals surface area contributed by atoms with E-state index in [-0.39, 0.29) is 12.0 Å². The van der Waals surface area contributed by atoms with Gasteiger partial charge in [-0.3, -0.25) is 4.79 Å². The zero-order valence-corrected chi connectivity index (χ0v) is 17.0. The Balaban J connectivity index is 1.87. The fourth-order valence-electron chi connectivity index (χ4n) is 3.82. The van der Waals surface area contributed by atoms with Gasteiger partial charge in [-0.05, 0) is 55.9 Å². The minimum absolute atomic E-state index is 0.248. The van der Waals surface area contributed by atoms with Crippen LogP contribution in [0.15, 0.2) is 54.6 Å². The Bertz CT molecular complexity index is 923. The van der Waals surface area contributed by atoms with Gasteiger partial charge in [-0.15, -0.1) is 0 Å². The summed E-state index contributed by atoms with van der Waals surface area (Å²) in [5, 5.41) is 20.0. The van der Waals surface area contributed by atoms with Crippen molar-refractivity contribution in [3.8, 4) is 5.75 Å². The Labute approximate surface area is 178 Å². The molecule has 2 N–H and O–H groups in total. The molecule has 0 radical (unpaired) electrons. The lowest BCUT2D eigenvalue weighted by molar-refractivity contribution is -0.210. The zero-order valence-electron chi connectivity index (χ0n) is 17.0. The average Bonchev–Trinajstić information content (AvgIpc) is 3.14. The van der Waals surface area contributed by atoms with E-state index in [0.717, 1.165) is 37.8 Å². The summed E-state index contributed by atoms with van der Waals surface area (Å²) >= 11 is 0. The van der Waals surface area contributed by atoms with Crippen molar-refractivity contribution >= 4 is 11.9 Å². The van der Waals surface area contributed by atoms with Crippen molar-refractivity contribution in [3.05, 3.63) is 65.7 Å². The number of halogens is 2. The highest BCUT2D eigenvalue weighted by molar-refractivity contribution is 5.74. The number of alkyl halides is 2. The fraction of sp³-hybridized carbons (Fsp3) is 0.391. The van der Waals surface area contributed by atoms with E-state index in [9.17, 15) is 23.5 Å². The summed E-state index contributed by atoms with van der Waals surface area (Å²) in [5.74, 6) is -3.39.